The Morgan fingerprint density at radius 3 is 2.50 bits per heavy atom. The van der Waals surface area contributed by atoms with Gasteiger partial charge < -0.3 is 0 Å². The lowest BCUT2D eigenvalue weighted by Crippen LogP contribution is -2.16. The van der Waals surface area contributed by atoms with Gasteiger partial charge in [0.15, 0.2) is 0 Å². The van der Waals surface area contributed by atoms with Crippen LogP contribution in [0.15, 0.2) is 0 Å². The van der Waals surface area contributed by atoms with E-state index in [4.69, 9.17) is 0 Å². The molecule has 0 radical (unpaired) electrons. The van der Waals surface area contributed by atoms with Gasteiger partial charge in [-0.1, -0.05) is 13.8 Å². The first-order valence-corrected chi connectivity index (χ1v) is 6.56. The van der Waals surface area contributed by atoms with Crippen LogP contribution in [-0.4, -0.2) is 21.9 Å². The van der Waals surface area contributed by atoms with E-state index < -0.39 is 0 Å². The summed E-state index contributed by atoms with van der Waals surface area (Å²) in [6, 6.07) is 0. The zero-order valence-electron chi connectivity index (χ0n) is 7.71. The van der Waals surface area contributed by atoms with Crippen molar-refractivity contribution in [2.75, 3.05) is 11.5 Å². The number of rotatable bonds is 3. The van der Waals surface area contributed by atoms with Gasteiger partial charge >= 0.3 is 0 Å². The SMILES string of the molecule is CC(C)C(=O)CC1SCCCS1. The number of ketones is 1. The first-order valence-electron chi connectivity index (χ1n) is 4.46. The highest BCUT2D eigenvalue weighted by atomic mass is 32.2. The summed E-state index contributed by atoms with van der Waals surface area (Å²) in [4.78, 5) is 11.4. The number of hydrogen-bond acceptors (Lipinski definition) is 3. The Balaban J connectivity index is 2.24. The highest BCUT2D eigenvalue weighted by Gasteiger charge is 2.19. The summed E-state index contributed by atoms with van der Waals surface area (Å²) in [6.45, 7) is 3.97. The molecule has 0 N–H and O–H groups in total. The Kier molecular flexibility index (Phi) is 4.51. The maximum absolute atomic E-state index is 11.4. The number of carbonyl (C=O) groups excluding carboxylic acids is 1. The molecule has 0 atom stereocenters. The molecule has 1 nitrogen and oxygen atoms in total. The number of hydrogen-bond donors (Lipinski definition) is 0. The maximum atomic E-state index is 11.4. The average Bonchev–Trinajstić information content (AvgIpc) is 2.06. The molecular weight excluding hydrogens is 188 g/mol. The fraction of sp³-hybridized carbons (Fsp3) is 0.889. The van der Waals surface area contributed by atoms with Gasteiger partial charge in [0.1, 0.15) is 5.78 Å². The predicted molar refractivity (Wildman–Crippen MR) is 57.8 cm³/mol. The van der Waals surface area contributed by atoms with Crippen molar-refractivity contribution < 1.29 is 4.79 Å². The highest BCUT2D eigenvalue weighted by Crippen LogP contribution is 2.33. The smallest absolute Gasteiger partial charge is 0.137 e. The summed E-state index contributed by atoms with van der Waals surface area (Å²) >= 11 is 3.90. The molecule has 0 amide bonds. The Hall–Kier alpha value is 0.370. The molecule has 0 aliphatic carbocycles. The number of thioether (sulfide) groups is 2. The van der Waals surface area contributed by atoms with Crippen LogP contribution in [0.4, 0.5) is 0 Å². The van der Waals surface area contributed by atoms with Gasteiger partial charge in [-0.05, 0) is 17.9 Å². The summed E-state index contributed by atoms with van der Waals surface area (Å²) in [5, 5.41) is 0. The third kappa shape index (κ3) is 3.40. The molecule has 1 heterocycles. The van der Waals surface area contributed by atoms with Crippen LogP contribution in [0.2, 0.25) is 0 Å². The quantitative estimate of drug-likeness (QED) is 0.703. The van der Waals surface area contributed by atoms with Gasteiger partial charge in [0.2, 0.25) is 0 Å². The summed E-state index contributed by atoms with van der Waals surface area (Å²) in [6.07, 6.45) is 2.08. The summed E-state index contributed by atoms with van der Waals surface area (Å²) < 4.78 is 0.550. The summed E-state index contributed by atoms with van der Waals surface area (Å²) in [5.74, 6) is 3.11. The first-order chi connectivity index (χ1) is 5.70. The zero-order chi connectivity index (χ0) is 8.97. The Bertz CT molecular complexity index is 151. The van der Waals surface area contributed by atoms with Crippen LogP contribution < -0.4 is 0 Å². The van der Waals surface area contributed by atoms with E-state index in [0.717, 1.165) is 6.42 Å². The minimum absolute atomic E-state index is 0.216. The van der Waals surface area contributed by atoms with Gasteiger partial charge in [0.05, 0.1) is 4.58 Å². The lowest BCUT2D eigenvalue weighted by molar-refractivity contribution is -0.121. The molecule has 70 valence electrons. The van der Waals surface area contributed by atoms with Crippen molar-refractivity contribution in [2.45, 2.75) is 31.3 Å². The minimum Gasteiger partial charge on any atom is -0.299 e. The summed E-state index contributed by atoms with van der Waals surface area (Å²) in [5.41, 5.74) is 0. The van der Waals surface area contributed by atoms with Gasteiger partial charge in [-0.25, -0.2) is 0 Å². The zero-order valence-corrected chi connectivity index (χ0v) is 9.34. The van der Waals surface area contributed by atoms with Crippen molar-refractivity contribution in [3.8, 4) is 0 Å². The second-order valence-electron chi connectivity index (χ2n) is 3.35. The minimum atomic E-state index is 0.216. The Morgan fingerprint density at radius 1 is 1.42 bits per heavy atom. The van der Waals surface area contributed by atoms with E-state index >= 15 is 0 Å². The van der Waals surface area contributed by atoms with E-state index in [1.54, 1.807) is 0 Å². The van der Waals surface area contributed by atoms with E-state index in [1.807, 2.05) is 37.4 Å². The lowest BCUT2D eigenvalue weighted by Gasteiger charge is -2.20. The molecule has 3 heteroatoms. The molecule has 0 aromatic heterocycles. The first kappa shape index (κ1) is 10.5. The fourth-order valence-corrected chi connectivity index (χ4v) is 3.91. The Morgan fingerprint density at radius 2 is 2.00 bits per heavy atom. The molecule has 0 unspecified atom stereocenters. The third-order valence-corrected chi connectivity index (χ3v) is 4.85. The molecule has 1 rings (SSSR count). The molecule has 0 aromatic rings. The van der Waals surface area contributed by atoms with Crippen LogP contribution in [0.1, 0.15) is 26.7 Å². The normalized spacial score (nSPS) is 19.9. The molecule has 0 bridgehead atoms. The van der Waals surface area contributed by atoms with E-state index in [1.165, 1.54) is 17.9 Å². The standard InChI is InChI=1S/C9H16OS2/c1-7(2)8(10)6-9-11-4-3-5-12-9/h7,9H,3-6H2,1-2H3. The second-order valence-corrected chi connectivity index (χ2v) is 6.27. The average molecular weight is 204 g/mol. The molecule has 0 saturated carbocycles. The molecular formula is C9H16OS2. The van der Waals surface area contributed by atoms with Crippen LogP contribution in [0.5, 0.6) is 0 Å². The van der Waals surface area contributed by atoms with Crippen molar-refractivity contribution >= 4 is 29.3 Å². The van der Waals surface area contributed by atoms with Crippen molar-refractivity contribution in [1.29, 1.82) is 0 Å². The van der Waals surface area contributed by atoms with Crippen LogP contribution >= 0.6 is 23.5 Å². The topological polar surface area (TPSA) is 17.1 Å². The predicted octanol–water partition coefficient (Wildman–Crippen LogP) is 2.80. The van der Waals surface area contributed by atoms with Crippen LogP contribution in [0, 0.1) is 5.92 Å². The molecule has 12 heavy (non-hydrogen) atoms. The van der Waals surface area contributed by atoms with Crippen LogP contribution in [-0.2, 0) is 4.79 Å². The lowest BCUT2D eigenvalue weighted by atomic mass is 10.1. The van der Waals surface area contributed by atoms with Gasteiger partial charge in [0.25, 0.3) is 0 Å². The highest BCUT2D eigenvalue weighted by molar-refractivity contribution is 8.17. The van der Waals surface area contributed by atoms with E-state index in [0.29, 0.717) is 10.4 Å². The molecule has 1 aliphatic heterocycles. The van der Waals surface area contributed by atoms with Crippen molar-refractivity contribution in [2.24, 2.45) is 5.92 Å². The maximum Gasteiger partial charge on any atom is 0.137 e. The molecule has 0 aromatic carbocycles. The fourth-order valence-electron chi connectivity index (χ4n) is 1.05. The summed E-state index contributed by atoms with van der Waals surface area (Å²) in [7, 11) is 0. The van der Waals surface area contributed by atoms with Gasteiger partial charge in [-0.2, -0.15) is 0 Å². The van der Waals surface area contributed by atoms with Crippen molar-refractivity contribution in [3.63, 3.8) is 0 Å². The molecule has 0 spiro atoms. The van der Waals surface area contributed by atoms with E-state index in [2.05, 4.69) is 0 Å². The van der Waals surface area contributed by atoms with Crippen LogP contribution in [0.25, 0.3) is 0 Å². The van der Waals surface area contributed by atoms with E-state index in [-0.39, 0.29) is 5.92 Å². The molecule has 1 fully saturated rings. The van der Waals surface area contributed by atoms with Crippen LogP contribution in [0.3, 0.4) is 0 Å². The Labute approximate surface area is 83.1 Å². The van der Waals surface area contributed by atoms with Crippen molar-refractivity contribution in [1.82, 2.24) is 0 Å². The second kappa shape index (κ2) is 5.18. The largest absolute Gasteiger partial charge is 0.299 e. The van der Waals surface area contributed by atoms with Gasteiger partial charge in [-0.3, -0.25) is 4.79 Å². The van der Waals surface area contributed by atoms with E-state index in [9.17, 15) is 4.79 Å². The molecule has 1 saturated heterocycles. The monoisotopic (exact) mass is 204 g/mol. The van der Waals surface area contributed by atoms with Gasteiger partial charge in [-0.15, -0.1) is 23.5 Å². The number of Topliss-reactive ketones (excluding diaryl/α,β-unsaturated/α-hetero) is 1. The van der Waals surface area contributed by atoms with Gasteiger partial charge in [0, 0.05) is 12.3 Å². The third-order valence-electron chi connectivity index (χ3n) is 1.91. The molecule has 1 aliphatic rings. The number of carbonyl (C=O) groups is 1. The van der Waals surface area contributed by atoms with Crippen molar-refractivity contribution in [3.05, 3.63) is 0 Å².